The number of methoxy groups -OCH3 is 2. The first-order chi connectivity index (χ1) is 28.9. The Hall–Kier alpha value is -7.16. The summed E-state index contributed by atoms with van der Waals surface area (Å²) in [6.07, 6.45) is 0. The van der Waals surface area contributed by atoms with Crippen molar-refractivity contribution < 1.29 is 9.47 Å². The minimum Gasteiger partial charge on any atom is -0.497 e. The van der Waals surface area contributed by atoms with Crippen molar-refractivity contribution in [2.24, 2.45) is 0 Å². The molecule has 0 aromatic heterocycles. The lowest BCUT2D eigenvalue weighted by Crippen LogP contribution is -2.15. The van der Waals surface area contributed by atoms with Gasteiger partial charge in [0.1, 0.15) is 11.5 Å². The summed E-state index contributed by atoms with van der Waals surface area (Å²) in [6, 6.07) is 66.8. The number of hydrogen-bond acceptors (Lipinski definition) is 2. The monoisotopic (exact) mass is 758 g/mol. The summed E-state index contributed by atoms with van der Waals surface area (Å²) in [5.41, 5.74) is 14.9. The Morgan fingerprint density at radius 1 is 0.305 bits per heavy atom. The van der Waals surface area contributed by atoms with E-state index in [-0.39, 0.29) is 5.41 Å². The van der Waals surface area contributed by atoms with Crippen LogP contribution in [-0.4, -0.2) is 14.2 Å². The molecule has 0 aliphatic heterocycles. The molecule has 11 rings (SSSR count). The Kier molecular flexibility index (Phi) is 8.00. The third-order valence-corrected chi connectivity index (χ3v) is 12.8. The van der Waals surface area contributed by atoms with Gasteiger partial charge in [-0.25, -0.2) is 0 Å². The molecule has 0 unspecified atom stereocenters. The molecule has 0 fully saturated rings. The van der Waals surface area contributed by atoms with Gasteiger partial charge in [0.15, 0.2) is 0 Å². The first kappa shape index (κ1) is 35.0. The van der Waals surface area contributed by atoms with Crippen molar-refractivity contribution in [3.63, 3.8) is 0 Å². The van der Waals surface area contributed by atoms with Gasteiger partial charge in [-0.05, 0) is 146 Å². The predicted octanol–water partition coefficient (Wildman–Crippen LogP) is 15.3. The first-order valence-electron chi connectivity index (χ1n) is 20.4. The van der Waals surface area contributed by atoms with Crippen LogP contribution in [0.3, 0.4) is 0 Å². The molecule has 0 bridgehead atoms. The molecule has 0 N–H and O–H groups in total. The molecule has 1 aliphatic carbocycles. The third-order valence-electron chi connectivity index (χ3n) is 12.8. The minimum atomic E-state index is -0.227. The van der Waals surface area contributed by atoms with Crippen molar-refractivity contribution >= 4 is 43.1 Å². The highest BCUT2D eigenvalue weighted by Crippen LogP contribution is 2.53. The molecule has 0 saturated heterocycles. The van der Waals surface area contributed by atoms with E-state index < -0.39 is 0 Å². The minimum absolute atomic E-state index is 0.227. The second-order valence-electron chi connectivity index (χ2n) is 16.3. The summed E-state index contributed by atoms with van der Waals surface area (Å²) >= 11 is 0. The van der Waals surface area contributed by atoms with Crippen LogP contribution >= 0.6 is 0 Å². The summed E-state index contributed by atoms with van der Waals surface area (Å²) < 4.78 is 11.4. The van der Waals surface area contributed by atoms with E-state index >= 15 is 0 Å². The van der Waals surface area contributed by atoms with Gasteiger partial charge in [-0.15, -0.1) is 0 Å². The zero-order valence-electron chi connectivity index (χ0n) is 33.6. The number of rotatable bonds is 6. The van der Waals surface area contributed by atoms with Crippen LogP contribution in [0.5, 0.6) is 11.5 Å². The summed E-state index contributed by atoms with van der Waals surface area (Å²) in [6.45, 7) is 4.80. The second-order valence-corrected chi connectivity index (χ2v) is 16.3. The number of ether oxygens (including phenoxy) is 2. The quantitative estimate of drug-likeness (QED) is 0.157. The van der Waals surface area contributed by atoms with Gasteiger partial charge in [-0.1, -0.05) is 159 Å². The summed E-state index contributed by atoms with van der Waals surface area (Å²) in [7, 11) is 3.47. The lowest BCUT2D eigenvalue weighted by Gasteiger charge is -2.24. The summed E-state index contributed by atoms with van der Waals surface area (Å²) in [4.78, 5) is 0. The fourth-order valence-electron chi connectivity index (χ4n) is 10.1. The zero-order valence-corrected chi connectivity index (χ0v) is 33.6. The van der Waals surface area contributed by atoms with Gasteiger partial charge >= 0.3 is 0 Å². The fourth-order valence-corrected chi connectivity index (χ4v) is 10.1. The van der Waals surface area contributed by atoms with Crippen LogP contribution in [0.4, 0.5) is 0 Å². The molecular formula is C57H42O2. The van der Waals surface area contributed by atoms with E-state index in [1.807, 2.05) is 12.1 Å². The van der Waals surface area contributed by atoms with Crippen molar-refractivity contribution in [3.8, 4) is 67.1 Å². The van der Waals surface area contributed by atoms with Crippen LogP contribution < -0.4 is 9.47 Å². The van der Waals surface area contributed by atoms with Gasteiger partial charge in [0.25, 0.3) is 0 Å². The van der Waals surface area contributed by atoms with Crippen LogP contribution in [0.25, 0.3) is 98.7 Å². The van der Waals surface area contributed by atoms with Gasteiger partial charge in [-0.2, -0.15) is 0 Å². The average Bonchev–Trinajstić information content (AvgIpc) is 3.51. The van der Waals surface area contributed by atoms with E-state index in [2.05, 4.69) is 184 Å². The third kappa shape index (κ3) is 5.33. The van der Waals surface area contributed by atoms with E-state index in [9.17, 15) is 0 Å². The van der Waals surface area contributed by atoms with E-state index in [1.54, 1.807) is 14.2 Å². The van der Waals surface area contributed by atoms with Crippen molar-refractivity contribution in [3.05, 3.63) is 193 Å². The van der Waals surface area contributed by atoms with Gasteiger partial charge < -0.3 is 9.47 Å². The van der Waals surface area contributed by atoms with Crippen LogP contribution in [0.2, 0.25) is 0 Å². The van der Waals surface area contributed by atoms with E-state index in [1.165, 1.54) is 98.7 Å². The van der Waals surface area contributed by atoms with Crippen molar-refractivity contribution in [1.29, 1.82) is 0 Å². The van der Waals surface area contributed by atoms with E-state index in [4.69, 9.17) is 9.47 Å². The highest BCUT2D eigenvalue weighted by atomic mass is 16.5. The van der Waals surface area contributed by atoms with E-state index in [0.717, 1.165) is 22.6 Å². The molecule has 10 aromatic rings. The second kappa shape index (κ2) is 13.5. The fraction of sp³-hybridized carbons (Fsp3) is 0.0877. The highest BCUT2D eigenvalue weighted by molar-refractivity contribution is 6.23. The topological polar surface area (TPSA) is 18.5 Å². The van der Waals surface area contributed by atoms with Crippen molar-refractivity contribution in [1.82, 2.24) is 0 Å². The predicted molar refractivity (Wildman–Crippen MR) is 249 cm³/mol. The summed E-state index contributed by atoms with van der Waals surface area (Å²) in [5.74, 6) is 1.71. The molecule has 0 spiro atoms. The molecule has 0 amide bonds. The van der Waals surface area contributed by atoms with Crippen LogP contribution in [-0.2, 0) is 5.41 Å². The molecule has 59 heavy (non-hydrogen) atoms. The molecule has 282 valence electrons. The molecule has 2 nitrogen and oxygen atoms in total. The van der Waals surface area contributed by atoms with Gasteiger partial charge in [-0.3, -0.25) is 0 Å². The molecule has 0 heterocycles. The number of benzene rings is 10. The SMILES string of the molecule is COc1cccc(-c2c3ccccc3c(-c3ccc4c(c3)C(C)(C)c3cc(-c5c6ccccc6c(-c6cccc(OC)c6)c6ccccc56)ccc3-4)c3ccccc23)c1. The Morgan fingerprint density at radius 3 is 0.881 bits per heavy atom. The molecule has 1 aliphatic rings. The Labute approximate surface area is 344 Å². The molecule has 0 atom stereocenters. The number of fused-ring (bicyclic) bond motifs is 7. The standard InChI is InChI=1S/C57H42O2/c1-57(2)51-33-37(55-47-23-9-5-19-43(47)53(44-20-6-10-24-48(44)55)35-15-13-17-39(31-35)58-3)27-29-41(51)42-30-28-38(34-52(42)57)56-49-25-11-7-21-45(49)54(46-22-8-12-26-50(46)56)36-16-14-18-40(32-36)59-4/h5-34H,1-4H3. The maximum absolute atomic E-state index is 5.68. The molecular weight excluding hydrogens is 717 g/mol. The van der Waals surface area contributed by atoms with Crippen molar-refractivity contribution in [2.75, 3.05) is 14.2 Å². The lowest BCUT2D eigenvalue weighted by atomic mass is 9.79. The van der Waals surface area contributed by atoms with Crippen LogP contribution in [0.15, 0.2) is 182 Å². The van der Waals surface area contributed by atoms with Crippen LogP contribution in [0, 0.1) is 0 Å². The zero-order chi connectivity index (χ0) is 39.8. The maximum atomic E-state index is 5.68. The van der Waals surface area contributed by atoms with Gasteiger partial charge in [0, 0.05) is 5.41 Å². The Bertz CT molecular complexity index is 3000. The van der Waals surface area contributed by atoms with Gasteiger partial charge in [0.2, 0.25) is 0 Å². The summed E-state index contributed by atoms with van der Waals surface area (Å²) in [5, 5.41) is 9.92. The Balaban J connectivity index is 1.09. The smallest absolute Gasteiger partial charge is 0.119 e. The molecule has 0 saturated carbocycles. The molecule has 10 aromatic carbocycles. The molecule has 0 radical (unpaired) electrons. The normalized spacial score (nSPS) is 12.9. The molecule has 2 heteroatoms. The van der Waals surface area contributed by atoms with Gasteiger partial charge in [0.05, 0.1) is 14.2 Å². The largest absolute Gasteiger partial charge is 0.497 e. The maximum Gasteiger partial charge on any atom is 0.119 e. The Morgan fingerprint density at radius 2 is 0.593 bits per heavy atom. The first-order valence-corrected chi connectivity index (χ1v) is 20.4. The number of hydrogen-bond donors (Lipinski definition) is 0. The van der Waals surface area contributed by atoms with Crippen molar-refractivity contribution in [2.45, 2.75) is 19.3 Å². The van der Waals surface area contributed by atoms with E-state index in [0.29, 0.717) is 0 Å². The van der Waals surface area contributed by atoms with Crippen LogP contribution in [0.1, 0.15) is 25.0 Å². The highest BCUT2D eigenvalue weighted by Gasteiger charge is 2.36. The average molecular weight is 759 g/mol. The lowest BCUT2D eigenvalue weighted by molar-refractivity contribution is 0.415.